The third kappa shape index (κ3) is 3.43. The van der Waals surface area contributed by atoms with Crippen molar-refractivity contribution < 1.29 is 9.53 Å². The van der Waals surface area contributed by atoms with Crippen LogP contribution in [0.3, 0.4) is 0 Å². The van der Waals surface area contributed by atoms with E-state index >= 15 is 0 Å². The van der Waals surface area contributed by atoms with Crippen LogP contribution >= 0.6 is 11.8 Å². The summed E-state index contributed by atoms with van der Waals surface area (Å²) in [6.45, 7) is 3.04. The molecule has 0 bridgehead atoms. The number of carbonyl (C=O) groups excluding carboxylic acids is 1. The second kappa shape index (κ2) is 6.83. The fourth-order valence-corrected chi connectivity index (χ4v) is 4.37. The lowest BCUT2D eigenvalue weighted by Gasteiger charge is -2.29. The van der Waals surface area contributed by atoms with Gasteiger partial charge in [0.1, 0.15) is 0 Å². The smallest absolute Gasteiger partial charge is 0.226 e. The van der Waals surface area contributed by atoms with Crippen LogP contribution in [0.15, 0.2) is 12.5 Å². The van der Waals surface area contributed by atoms with Crippen LogP contribution in [0.2, 0.25) is 0 Å². The van der Waals surface area contributed by atoms with Gasteiger partial charge in [-0.2, -0.15) is 11.8 Å². The Hall–Kier alpha value is -1.01. The number of aromatic nitrogens is 2. The van der Waals surface area contributed by atoms with E-state index in [2.05, 4.69) is 9.55 Å². The average Bonchev–Trinajstić information content (AvgIpc) is 2.86. The maximum absolute atomic E-state index is 12.8. The highest BCUT2D eigenvalue weighted by atomic mass is 32.2. The topological polar surface area (TPSA) is 47.4 Å². The SMILES string of the molecule is COCC1CN(C(=O)C2CCSCC2)Cc2cncn2C1. The molecule has 0 spiro atoms. The summed E-state index contributed by atoms with van der Waals surface area (Å²) in [6, 6.07) is 0. The van der Waals surface area contributed by atoms with Crippen molar-refractivity contribution in [2.45, 2.75) is 25.9 Å². The first-order valence-electron chi connectivity index (χ1n) is 7.62. The lowest BCUT2D eigenvalue weighted by atomic mass is 10.00. The number of ether oxygens (including phenoxy) is 1. The van der Waals surface area contributed by atoms with Gasteiger partial charge in [-0.1, -0.05) is 0 Å². The second-order valence-electron chi connectivity index (χ2n) is 5.96. The van der Waals surface area contributed by atoms with Crippen LogP contribution < -0.4 is 0 Å². The number of nitrogens with zero attached hydrogens (tertiary/aromatic N) is 3. The summed E-state index contributed by atoms with van der Waals surface area (Å²) in [5, 5.41) is 0. The van der Waals surface area contributed by atoms with Gasteiger partial charge in [0, 0.05) is 38.2 Å². The van der Waals surface area contributed by atoms with Crippen LogP contribution in [0, 0.1) is 11.8 Å². The summed E-state index contributed by atoms with van der Waals surface area (Å²) in [5.74, 6) is 3.11. The van der Waals surface area contributed by atoms with Crippen molar-refractivity contribution in [3.05, 3.63) is 18.2 Å². The molecule has 2 aliphatic heterocycles. The van der Waals surface area contributed by atoms with E-state index in [1.807, 2.05) is 29.2 Å². The molecule has 1 fully saturated rings. The van der Waals surface area contributed by atoms with Crippen LogP contribution in [-0.4, -0.2) is 52.1 Å². The van der Waals surface area contributed by atoms with E-state index in [4.69, 9.17) is 4.74 Å². The van der Waals surface area contributed by atoms with Crippen molar-refractivity contribution >= 4 is 17.7 Å². The summed E-state index contributed by atoms with van der Waals surface area (Å²) in [7, 11) is 1.73. The molecule has 3 heterocycles. The summed E-state index contributed by atoms with van der Waals surface area (Å²) >= 11 is 1.96. The van der Waals surface area contributed by atoms with Crippen LogP contribution in [0.5, 0.6) is 0 Å². The Morgan fingerprint density at radius 1 is 1.43 bits per heavy atom. The molecule has 0 radical (unpaired) electrons. The van der Waals surface area contributed by atoms with Gasteiger partial charge in [-0.05, 0) is 24.3 Å². The molecule has 1 aromatic rings. The van der Waals surface area contributed by atoms with Crippen LogP contribution in [-0.2, 0) is 22.6 Å². The highest BCUT2D eigenvalue weighted by Gasteiger charge is 2.30. The molecular weight excluding hydrogens is 286 g/mol. The van der Waals surface area contributed by atoms with Crippen LogP contribution in [0.25, 0.3) is 0 Å². The van der Waals surface area contributed by atoms with E-state index in [0.29, 0.717) is 25.0 Å². The van der Waals surface area contributed by atoms with Gasteiger partial charge in [0.25, 0.3) is 0 Å². The lowest BCUT2D eigenvalue weighted by molar-refractivity contribution is -0.137. The zero-order valence-electron chi connectivity index (χ0n) is 12.5. The van der Waals surface area contributed by atoms with Gasteiger partial charge in [0.2, 0.25) is 5.91 Å². The number of rotatable bonds is 3. The first-order chi connectivity index (χ1) is 10.3. The Morgan fingerprint density at radius 3 is 3.00 bits per heavy atom. The molecular formula is C15H23N3O2S. The maximum atomic E-state index is 12.8. The van der Waals surface area contributed by atoms with Crippen molar-refractivity contribution in [2.75, 3.05) is 31.8 Å². The Kier molecular flexibility index (Phi) is 4.85. The number of methoxy groups -OCH3 is 1. The average molecular weight is 309 g/mol. The zero-order valence-corrected chi connectivity index (χ0v) is 13.3. The second-order valence-corrected chi connectivity index (χ2v) is 7.19. The molecule has 1 saturated heterocycles. The van der Waals surface area contributed by atoms with E-state index in [1.54, 1.807) is 7.11 Å². The molecule has 2 aliphatic rings. The van der Waals surface area contributed by atoms with Gasteiger partial charge in [-0.3, -0.25) is 4.79 Å². The fourth-order valence-electron chi connectivity index (χ4n) is 3.26. The van der Waals surface area contributed by atoms with Crippen molar-refractivity contribution in [3.63, 3.8) is 0 Å². The zero-order chi connectivity index (χ0) is 14.7. The normalized spacial score (nSPS) is 23.7. The molecule has 1 aromatic heterocycles. The van der Waals surface area contributed by atoms with E-state index in [1.165, 1.54) is 0 Å². The molecule has 3 rings (SSSR count). The maximum Gasteiger partial charge on any atom is 0.226 e. The minimum absolute atomic E-state index is 0.212. The lowest BCUT2D eigenvalue weighted by Crippen LogP contribution is -2.40. The molecule has 1 amide bonds. The molecule has 1 atom stereocenters. The van der Waals surface area contributed by atoms with Crippen molar-refractivity contribution in [3.8, 4) is 0 Å². The minimum Gasteiger partial charge on any atom is -0.384 e. The first-order valence-corrected chi connectivity index (χ1v) is 8.78. The molecule has 0 saturated carbocycles. The van der Waals surface area contributed by atoms with Gasteiger partial charge in [0.05, 0.1) is 25.2 Å². The van der Waals surface area contributed by atoms with E-state index in [-0.39, 0.29) is 5.92 Å². The van der Waals surface area contributed by atoms with E-state index < -0.39 is 0 Å². The molecule has 0 aromatic carbocycles. The molecule has 5 nitrogen and oxygen atoms in total. The third-order valence-corrected chi connectivity index (χ3v) is 5.42. The number of amides is 1. The van der Waals surface area contributed by atoms with Crippen molar-refractivity contribution in [1.29, 1.82) is 0 Å². The third-order valence-electron chi connectivity index (χ3n) is 4.37. The largest absolute Gasteiger partial charge is 0.384 e. The molecule has 1 unspecified atom stereocenters. The number of hydrogen-bond acceptors (Lipinski definition) is 4. The number of fused-ring (bicyclic) bond motifs is 1. The van der Waals surface area contributed by atoms with E-state index in [9.17, 15) is 4.79 Å². The molecule has 0 aliphatic carbocycles. The summed E-state index contributed by atoms with van der Waals surface area (Å²) in [4.78, 5) is 19.1. The van der Waals surface area contributed by atoms with Gasteiger partial charge < -0.3 is 14.2 Å². The summed E-state index contributed by atoms with van der Waals surface area (Å²) in [6.07, 6.45) is 5.79. The standard InChI is InChI=1S/C15H23N3O2S/c1-20-10-12-7-17(9-14-6-16-11-18(14)8-12)15(19)13-2-4-21-5-3-13/h6,11-13H,2-5,7-10H2,1H3. The minimum atomic E-state index is 0.212. The highest BCUT2D eigenvalue weighted by molar-refractivity contribution is 7.99. The van der Waals surface area contributed by atoms with Crippen molar-refractivity contribution in [2.24, 2.45) is 11.8 Å². The summed E-state index contributed by atoms with van der Waals surface area (Å²) < 4.78 is 7.49. The van der Waals surface area contributed by atoms with E-state index in [0.717, 1.165) is 43.1 Å². The quantitative estimate of drug-likeness (QED) is 0.851. The van der Waals surface area contributed by atoms with Gasteiger partial charge in [0.15, 0.2) is 0 Å². The van der Waals surface area contributed by atoms with Gasteiger partial charge in [-0.15, -0.1) is 0 Å². The Bertz CT molecular complexity index is 485. The van der Waals surface area contributed by atoms with Crippen molar-refractivity contribution in [1.82, 2.24) is 14.5 Å². The number of imidazole rings is 1. The molecule has 21 heavy (non-hydrogen) atoms. The number of carbonyl (C=O) groups is 1. The molecule has 116 valence electrons. The number of hydrogen-bond donors (Lipinski definition) is 0. The predicted molar refractivity (Wildman–Crippen MR) is 83.1 cm³/mol. The summed E-state index contributed by atoms with van der Waals surface area (Å²) in [5.41, 5.74) is 1.13. The molecule has 0 N–H and O–H groups in total. The van der Waals surface area contributed by atoms with Crippen LogP contribution in [0.1, 0.15) is 18.5 Å². The van der Waals surface area contributed by atoms with Gasteiger partial charge >= 0.3 is 0 Å². The highest BCUT2D eigenvalue weighted by Crippen LogP contribution is 2.26. The Morgan fingerprint density at radius 2 is 2.24 bits per heavy atom. The predicted octanol–water partition coefficient (Wildman–Crippen LogP) is 1.63. The van der Waals surface area contributed by atoms with Gasteiger partial charge in [-0.25, -0.2) is 4.98 Å². The Balaban J connectivity index is 1.75. The fraction of sp³-hybridized carbons (Fsp3) is 0.733. The first kappa shape index (κ1) is 14.9. The molecule has 6 heteroatoms. The Labute approximate surface area is 130 Å². The number of thioether (sulfide) groups is 1. The van der Waals surface area contributed by atoms with Crippen LogP contribution in [0.4, 0.5) is 0 Å². The monoisotopic (exact) mass is 309 g/mol.